The normalized spacial score (nSPS) is 17.3. The number of anilines is 2. The summed E-state index contributed by atoms with van der Waals surface area (Å²) >= 11 is 0. The van der Waals surface area contributed by atoms with Crippen molar-refractivity contribution < 1.29 is 43.0 Å². The van der Waals surface area contributed by atoms with Crippen LogP contribution in [0.25, 0.3) is 22.3 Å². The monoisotopic (exact) mass is 828 g/mol. The number of alkyl carbamates (subject to hydrolysis) is 1. The van der Waals surface area contributed by atoms with Crippen LogP contribution in [0.2, 0.25) is 0 Å². The van der Waals surface area contributed by atoms with Crippen LogP contribution in [-0.4, -0.2) is 81.5 Å². The lowest BCUT2D eigenvalue weighted by Gasteiger charge is -2.29. The van der Waals surface area contributed by atoms with Crippen LogP contribution in [0.15, 0.2) is 114 Å². The third kappa shape index (κ3) is 10.0. The SMILES string of the molecule is CC(C)(C)OC(=O)NC(C(=O)N1CCCC1C(=O)Nc1ccc2oc(-c3ccc(NC(=O)[C@@H]4CCCN4C(=O)[C@H](NC(=O)O)c4ccccc4)cc3)cc2c1)c1ccccc1. The van der Waals surface area contributed by atoms with Crippen LogP contribution >= 0.6 is 0 Å². The molecule has 0 saturated carbocycles. The van der Waals surface area contributed by atoms with Gasteiger partial charge in [-0.1, -0.05) is 60.7 Å². The number of hydrogen-bond donors (Lipinski definition) is 5. The van der Waals surface area contributed by atoms with Crippen LogP contribution < -0.4 is 21.3 Å². The van der Waals surface area contributed by atoms with Crippen molar-refractivity contribution in [2.45, 2.75) is 76.2 Å². The Kier molecular flexibility index (Phi) is 12.4. The molecule has 15 nitrogen and oxygen atoms in total. The minimum absolute atomic E-state index is 0.320. The highest BCUT2D eigenvalue weighted by Gasteiger charge is 2.40. The highest BCUT2D eigenvalue weighted by Crippen LogP contribution is 2.32. The summed E-state index contributed by atoms with van der Waals surface area (Å²) in [6, 6.07) is 27.8. The molecular formula is C46H48N6O9. The number of likely N-dealkylation sites (tertiary alicyclic amines) is 2. The van der Waals surface area contributed by atoms with E-state index >= 15 is 0 Å². The van der Waals surface area contributed by atoms with Gasteiger partial charge in [-0.05, 0) is 106 Å². The molecular weight excluding hydrogens is 781 g/mol. The number of furan rings is 1. The Labute approximate surface area is 352 Å². The zero-order valence-electron chi connectivity index (χ0n) is 34.1. The highest BCUT2D eigenvalue weighted by atomic mass is 16.6. The van der Waals surface area contributed by atoms with Crippen LogP contribution in [0.1, 0.15) is 69.7 Å². The van der Waals surface area contributed by atoms with E-state index < -0.39 is 53.8 Å². The van der Waals surface area contributed by atoms with Gasteiger partial charge in [-0.25, -0.2) is 9.59 Å². The van der Waals surface area contributed by atoms with Crippen molar-refractivity contribution in [1.29, 1.82) is 0 Å². The van der Waals surface area contributed by atoms with Crippen LogP contribution in [0.5, 0.6) is 0 Å². The molecule has 0 aliphatic carbocycles. The standard InChI is InChI=1S/C46H48N6O9/c1-46(2,3)61-45(59)50-39(30-14-8-5-9-15-30)43(56)52-25-11-17-35(52)41(54)48-33-22-23-36-31(26-33)27-37(60-36)28-18-20-32(21-19-28)47-40(53)34-16-10-24-51(34)42(55)38(49-44(57)58)29-12-6-4-7-13-29/h4-9,12-15,18-23,26-27,34-35,38-39,49H,10-11,16-17,24-25H2,1-3H3,(H,47,53)(H,48,54)(H,50,59)(H,57,58)/t34-,35?,38+,39?/m0/s1. The number of nitrogens with one attached hydrogen (secondary N) is 4. The molecule has 2 aliphatic heterocycles. The van der Waals surface area contributed by atoms with Crippen molar-refractivity contribution in [3.63, 3.8) is 0 Å². The fraction of sp³-hybridized carbons (Fsp3) is 0.304. The van der Waals surface area contributed by atoms with Gasteiger partial charge in [0.1, 0.15) is 41.1 Å². The maximum atomic E-state index is 14.0. The van der Waals surface area contributed by atoms with E-state index in [4.69, 9.17) is 9.15 Å². The first-order valence-corrected chi connectivity index (χ1v) is 20.2. The van der Waals surface area contributed by atoms with Crippen molar-refractivity contribution in [2.75, 3.05) is 23.7 Å². The lowest BCUT2D eigenvalue weighted by molar-refractivity contribution is -0.138. The summed E-state index contributed by atoms with van der Waals surface area (Å²) in [6.45, 7) is 5.89. The second kappa shape index (κ2) is 18.0. The van der Waals surface area contributed by atoms with E-state index in [0.717, 1.165) is 10.9 Å². The average molecular weight is 829 g/mol. The number of benzene rings is 4. The van der Waals surface area contributed by atoms with Crippen LogP contribution in [0, 0.1) is 0 Å². The van der Waals surface area contributed by atoms with E-state index in [1.807, 2.05) is 12.1 Å². The first kappa shape index (κ1) is 42.0. The zero-order chi connectivity index (χ0) is 43.3. The molecule has 6 amide bonds. The Morgan fingerprint density at radius 2 is 1.18 bits per heavy atom. The van der Waals surface area contributed by atoms with Gasteiger partial charge in [-0.15, -0.1) is 0 Å². The molecule has 0 spiro atoms. The molecule has 2 fully saturated rings. The summed E-state index contributed by atoms with van der Waals surface area (Å²) in [7, 11) is 0. The second-order valence-corrected chi connectivity index (χ2v) is 16.1. The molecule has 2 unspecified atom stereocenters. The first-order valence-electron chi connectivity index (χ1n) is 20.2. The first-order chi connectivity index (χ1) is 29.2. The number of carbonyl (C=O) groups excluding carboxylic acids is 5. The van der Waals surface area contributed by atoms with Crippen molar-refractivity contribution in [1.82, 2.24) is 20.4 Å². The molecule has 4 atom stereocenters. The number of nitrogens with zero attached hydrogens (tertiary/aromatic N) is 2. The number of hydrogen-bond acceptors (Lipinski definition) is 8. The number of carbonyl (C=O) groups is 6. The number of fused-ring (bicyclic) bond motifs is 1. The summed E-state index contributed by atoms with van der Waals surface area (Å²) in [6.07, 6.45) is 0.0209. The lowest BCUT2D eigenvalue weighted by Crippen LogP contribution is -2.49. The van der Waals surface area contributed by atoms with Gasteiger partial charge < -0.3 is 45.3 Å². The molecule has 2 saturated heterocycles. The molecule has 15 heteroatoms. The Balaban J connectivity index is 0.991. The summed E-state index contributed by atoms with van der Waals surface area (Å²) in [5.41, 5.74) is 2.62. The highest BCUT2D eigenvalue weighted by molar-refractivity contribution is 6.01. The smallest absolute Gasteiger partial charge is 0.408 e. The van der Waals surface area contributed by atoms with Gasteiger partial charge in [0.25, 0.3) is 11.8 Å². The molecule has 5 aromatic rings. The molecule has 0 radical (unpaired) electrons. The molecule has 2 aliphatic rings. The molecule has 7 rings (SSSR count). The Morgan fingerprint density at radius 3 is 1.70 bits per heavy atom. The maximum absolute atomic E-state index is 14.0. The number of ether oxygens (including phenoxy) is 1. The minimum Gasteiger partial charge on any atom is -0.465 e. The van der Waals surface area contributed by atoms with Gasteiger partial charge in [0.2, 0.25) is 11.8 Å². The van der Waals surface area contributed by atoms with Crippen molar-refractivity contribution in [2.24, 2.45) is 0 Å². The topological polar surface area (TPSA) is 200 Å². The van der Waals surface area contributed by atoms with Gasteiger partial charge in [0, 0.05) is 35.4 Å². The van der Waals surface area contributed by atoms with E-state index in [2.05, 4.69) is 21.3 Å². The molecule has 61 heavy (non-hydrogen) atoms. The number of rotatable bonds is 11. The average Bonchev–Trinajstić information content (AvgIpc) is 4.02. The van der Waals surface area contributed by atoms with Crippen LogP contribution in [0.4, 0.5) is 21.0 Å². The van der Waals surface area contributed by atoms with Gasteiger partial charge in [-0.2, -0.15) is 0 Å². The largest absolute Gasteiger partial charge is 0.465 e. The van der Waals surface area contributed by atoms with Crippen molar-refractivity contribution in [3.05, 3.63) is 120 Å². The molecule has 4 aromatic carbocycles. The summed E-state index contributed by atoms with van der Waals surface area (Å²) < 4.78 is 11.6. The predicted octanol–water partition coefficient (Wildman–Crippen LogP) is 7.23. The molecule has 3 heterocycles. The van der Waals surface area contributed by atoms with E-state index in [0.29, 0.717) is 72.6 Å². The van der Waals surface area contributed by atoms with Crippen molar-refractivity contribution >= 4 is 58.2 Å². The fourth-order valence-corrected chi connectivity index (χ4v) is 7.79. The molecule has 1 aromatic heterocycles. The van der Waals surface area contributed by atoms with Gasteiger partial charge in [0.15, 0.2) is 0 Å². The Morgan fingerprint density at radius 1 is 0.672 bits per heavy atom. The summed E-state index contributed by atoms with van der Waals surface area (Å²) in [4.78, 5) is 82.1. The summed E-state index contributed by atoms with van der Waals surface area (Å²) in [5, 5.41) is 21.0. The lowest BCUT2D eigenvalue weighted by atomic mass is 10.0. The van der Waals surface area contributed by atoms with Gasteiger partial charge in [0.05, 0.1) is 0 Å². The third-order valence-electron chi connectivity index (χ3n) is 10.6. The third-order valence-corrected chi connectivity index (χ3v) is 10.6. The zero-order valence-corrected chi connectivity index (χ0v) is 34.1. The Hall–Kier alpha value is -7.16. The summed E-state index contributed by atoms with van der Waals surface area (Å²) in [5.74, 6) is -1.08. The van der Waals surface area contributed by atoms with Gasteiger partial charge in [-0.3, -0.25) is 19.2 Å². The molecule has 0 bridgehead atoms. The molecule has 316 valence electrons. The number of amides is 6. The fourth-order valence-electron chi connectivity index (χ4n) is 7.79. The van der Waals surface area contributed by atoms with E-state index in [-0.39, 0.29) is 11.8 Å². The van der Waals surface area contributed by atoms with E-state index in [9.17, 15) is 33.9 Å². The number of carboxylic acid groups (broad SMARTS) is 1. The molecule has 5 N–H and O–H groups in total. The quantitative estimate of drug-likeness (QED) is 0.0911. The van der Waals surface area contributed by atoms with Gasteiger partial charge >= 0.3 is 12.2 Å². The maximum Gasteiger partial charge on any atom is 0.408 e. The minimum atomic E-state index is -1.34. The van der Waals surface area contributed by atoms with Crippen LogP contribution in [-0.2, 0) is 23.9 Å². The van der Waals surface area contributed by atoms with Crippen LogP contribution in [0.3, 0.4) is 0 Å². The van der Waals surface area contributed by atoms with Crippen molar-refractivity contribution in [3.8, 4) is 11.3 Å². The van der Waals surface area contributed by atoms with E-state index in [1.54, 1.807) is 118 Å². The predicted molar refractivity (Wildman–Crippen MR) is 227 cm³/mol. The van der Waals surface area contributed by atoms with E-state index in [1.165, 1.54) is 9.80 Å². The second-order valence-electron chi connectivity index (χ2n) is 16.1. The Bertz CT molecular complexity index is 2410.